The zero-order chi connectivity index (χ0) is 64.7. The van der Waals surface area contributed by atoms with Crippen LogP contribution in [0.2, 0.25) is 39.3 Å². The van der Waals surface area contributed by atoms with E-state index in [0.29, 0.717) is 0 Å². The SMILES string of the molecule is C[Si](C)(C)c1ccc(N(c2cccc(C3(c4ccccc4)c4ccccc4-c4ccccc43)c2)c2ccc3c(c2)oc2ccc4c(ccc5oc6cc(N(c7ccc([Si](C)(C)C)cc7)c7cccc(C8(c9ccccc9)c9ccccc9-c9ccccc98)c7)ccc6c54)c23)cc1. The Labute approximate surface area is 562 Å². The molecule has 4 nitrogen and oxygen atoms in total. The van der Waals surface area contributed by atoms with Gasteiger partial charge in [0, 0.05) is 67.8 Å². The summed E-state index contributed by atoms with van der Waals surface area (Å²) in [5.74, 6) is 0. The van der Waals surface area contributed by atoms with E-state index in [-0.39, 0.29) is 0 Å². The van der Waals surface area contributed by atoms with E-state index in [0.717, 1.165) is 88.8 Å². The first kappa shape index (κ1) is 57.6. The van der Waals surface area contributed by atoms with Gasteiger partial charge in [-0.05, 0) is 175 Å². The summed E-state index contributed by atoms with van der Waals surface area (Å²) in [6, 6.07) is 118. The predicted molar refractivity (Wildman–Crippen MR) is 408 cm³/mol. The first-order valence-corrected chi connectivity index (χ1v) is 40.6. The van der Waals surface area contributed by atoms with Gasteiger partial charge in [-0.2, -0.15) is 0 Å². The molecule has 0 saturated carbocycles. The normalized spacial score (nSPS) is 13.7. The second-order valence-corrected chi connectivity index (χ2v) is 38.5. The van der Waals surface area contributed by atoms with Crippen molar-refractivity contribution in [2.45, 2.75) is 50.1 Å². The summed E-state index contributed by atoms with van der Waals surface area (Å²) in [7, 11) is -3.22. The molecule has 2 aromatic heterocycles. The summed E-state index contributed by atoms with van der Waals surface area (Å²) >= 11 is 0. The van der Waals surface area contributed by atoms with E-state index in [1.54, 1.807) is 0 Å². The van der Waals surface area contributed by atoms with Crippen LogP contribution in [0.15, 0.2) is 324 Å². The Balaban J connectivity index is 0.767. The number of anilines is 6. The molecule has 0 unspecified atom stereocenters. The van der Waals surface area contributed by atoms with Crippen molar-refractivity contribution in [2.75, 3.05) is 9.80 Å². The average molecular weight is 1270 g/mol. The van der Waals surface area contributed by atoms with Gasteiger partial charge in [0.2, 0.25) is 0 Å². The first-order valence-electron chi connectivity index (χ1n) is 33.6. The molecule has 0 N–H and O–H groups in total. The van der Waals surface area contributed by atoms with E-state index < -0.39 is 27.0 Å². The van der Waals surface area contributed by atoms with Crippen LogP contribution in [-0.2, 0) is 10.8 Å². The van der Waals surface area contributed by atoms with Gasteiger partial charge < -0.3 is 18.6 Å². The summed E-state index contributed by atoms with van der Waals surface area (Å²) in [5.41, 5.74) is 23.7. The minimum absolute atomic E-state index is 0.548. The third-order valence-electron chi connectivity index (χ3n) is 20.9. The smallest absolute Gasteiger partial charge is 0.137 e. The fraction of sp³-hybridized carbons (Fsp3) is 0.0889. The zero-order valence-corrected chi connectivity index (χ0v) is 56.7. The lowest BCUT2D eigenvalue weighted by atomic mass is 9.67. The topological polar surface area (TPSA) is 32.8 Å². The highest BCUT2D eigenvalue weighted by atomic mass is 28.3. The summed E-state index contributed by atoms with van der Waals surface area (Å²) in [5, 5.41) is 9.39. The molecular formula is C90H70N2O2Si2. The highest BCUT2D eigenvalue weighted by molar-refractivity contribution is 6.89. The van der Waals surface area contributed by atoms with Gasteiger partial charge >= 0.3 is 0 Å². The average Bonchev–Trinajstić information content (AvgIpc) is 1.52. The van der Waals surface area contributed by atoms with Crippen molar-refractivity contribution in [3.05, 3.63) is 360 Å². The number of furan rings is 2. The molecule has 0 spiro atoms. The number of fused-ring (bicyclic) bond motifs is 15. The van der Waals surface area contributed by atoms with Gasteiger partial charge in [-0.25, -0.2) is 0 Å². The van der Waals surface area contributed by atoms with Gasteiger partial charge in [-0.1, -0.05) is 256 Å². The predicted octanol–water partition coefficient (Wildman–Crippen LogP) is 23.4. The molecule has 0 fully saturated rings. The fourth-order valence-corrected chi connectivity index (χ4v) is 18.8. The monoisotopic (exact) mass is 1270 g/mol. The van der Waals surface area contributed by atoms with Crippen molar-refractivity contribution in [2.24, 2.45) is 0 Å². The number of hydrogen-bond donors (Lipinski definition) is 0. The molecule has 2 aliphatic rings. The van der Waals surface area contributed by atoms with E-state index in [4.69, 9.17) is 8.83 Å². The Kier molecular flexibility index (Phi) is 13.1. The number of nitrogens with zero attached hydrogens (tertiary/aromatic N) is 2. The van der Waals surface area contributed by atoms with Crippen LogP contribution < -0.4 is 20.2 Å². The maximum absolute atomic E-state index is 7.04. The van der Waals surface area contributed by atoms with Crippen LogP contribution in [0.1, 0.15) is 44.5 Å². The van der Waals surface area contributed by atoms with Crippen LogP contribution in [-0.4, -0.2) is 16.1 Å². The molecule has 0 amide bonds. The molecule has 0 aliphatic heterocycles. The van der Waals surface area contributed by atoms with Crippen molar-refractivity contribution in [3.63, 3.8) is 0 Å². The second kappa shape index (κ2) is 21.8. The van der Waals surface area contributed by atoms with Crippen LogP contribution in [0.3, 0.4) is 0 Å². The van der Waals surface area contributed by atoms with E-state index in [1.165, 1.54) is 77.1 Å². The van der Waals surface area contributed by atoms with Gasteiger partial charge in [0.25, 0.3) is 0 Å². The van der Waals surface area contributed by atoms with Gasteiger partial charge in [0.05, 0.1) is 27.0 Å². The van der Waals surface area contributed by atoms with E-state index >= 15 is 0 Å². The van der Waals surface area contributed by atoms with Crippen molar-refractivity contribution in [1.29, 1.82) is 0 Å². The highest BCUT2D eigenvalue weighted by Gasteiger charge is 2.48. The standard InChI is InChI=1S/C90H70N2O2Si2/c1-95(2,3)69-45-39-63(40-46-69)91(65-29-21-27-61(55-65)89(59-23-9-7-10-24-59)79-35-17-13-31-71(79)72-32-14-18-36-80(72)89)67-43-49-77-85(57-67)93-83-53-51-76-75(87(77)83)52-54-84-88(76)78-50-44-68(58-86(78)94-84)92(64-41-47-70(48-42-64)96(4,5)6)66-30-22-28-62(56-66)90(60-25-11-8-12-26-60)81-37-19-15-33-73(81)74-34-16-20-38-82(74)90/h7-58H,1-6H3. The largest absolute Gasteiger partial charge is 0.456 e. The molecule has 96 heavy (non-hydrogen) atoms. The van der Waals surface area contributed by atoms with E-state index in [1.807, 2.05) is 0 Å². The van der Waals surface area contributed by atoms with Crippen LogP contribution in [0.4, 0.5) is 34.1 Å². The van der Waals surface area contributed by atoms with Crippen molar-refractivity contribution in [1.82, 2.24) is 0 Å². The molecule has 6 heteroatoms. The van der Waals surface area contributed by atoms with E-state index in [2.05, 4.69) is 365 Å². The lowest BCUT2D eigenvalue weighted by molar-refractivity contribution is 0.668. The Hall–Kier alpha value is -11.0. The van der Waals surface area contributed by atoms with Crippen molar-refractivity contribution >= 4 is 115 Å². The van der Waals surface area contributed by atoms with Gasteiger partial charge in [-0.15, -0.1) is 0 Å². The van der Waals surface area contributed by atoms with Crippen molar-refractivity contribution in [3.8, 4) is 22.3 Å². The Morgan fingerprint density at radius 2 is 0.542 bits per heavy atom. The number of hydrogen-bond acceptors (Lipinski definition) is 4. The quantitative estimate of drug-likeness (QED) is 0.114. The zero-order valence-electron chi connectivity index (χ0n) is 54.7. The first-order chi connectivity index (χ1) is 46.8. The maximum Gasteiger partial charge on any atom is 0.137 e. The minimum atomic E-state index is -1.61. The van der Waals surface area contributed by atoms with E-state index in [9.17, 15) is 0 Å². The van der Waals surface area contributed by atoms with Gasteiger partial charge in [0.1, 0.15) is 22.3 Å². The molecule has 2 heterocycles. The maximum atomic E-state index is 7.04. The summed E-state index contributed by atoms with van der Waals surface area (Å²) in [6.07, 6.45) is 0. The summed E-state index contributed by atoms with van der Waals surface area (Å²) < 4.78 is 14.1. The molecule has 0 radical (unpaired) electrons. The number of rotatable bonds is 12. The van der Waals surface area contributed by atoms with Gasteiger partial charge in [-0.3, -0.25) is 0 Å². The Morgan fingerprint density at radius 1 is 0.240 bits per heavy atom. The van der Waals surface area contributed by atoms with Crippen LogP contribution in [0.5, 0.6) is 0 Å². The molecule has 460 valence electrons. The second-order valence-electron chi connectivity index (χ2n) is 28.3. The molecule has 0 atom stereocenters. The molecule has 0 saturated heterocycles. The Bertz CT molecular complexity index is 5310. The number of benzene rings is 14. The van der Waals surface area contributed by atoms with Crippen LogP contribution >= 0.6 is 0 Å². The highest BCUT2D eigenvalue weighted by Crippen LogP contribution is 2.59. The molecule has 16 aromatic rings. The van der Waals surface area contributed by atoms with Crippen LogP contribution in [0, 0.1) is 0 Å². The minimum Gasteiger partial charge on any atom is -0.456 e. The van der Waals surface area contributed by atoms with Crippen molar-refractivity contribution < 1.29 is 8.83 Å². The summed E-state index contributed by atoms with van der Waals surface area (Å²) in [6.45, 7) is 14.5. The lowest BCUT2D eigenvalue weighted by Gasteiger charge is -2.35. The Morgan fingerprint density at radius 3 is 0.896 bits per heavy atom. The third-order valence-corrected chi connectivity index (χ3v) is 25.1. The third kappa shape index (κ3) is 8.71. The molecule has 14 aromatic carbocycles. The van der Waals surface area contributed by atoms with Crippen LogP contribution in [0.25, 0.3) is 76.9 Å². The molecule has 0 bridgehead atoms. The fourth-order valence-electron chi connectivity index (χ4n) is 16.5. The molecule has 2 aliphatic carbocycles. The molecular weight excluding hydrogens is 1200 g/mol. The lowest BCUT2D eigenvalue weighted by Crippen LogP contribution is -2.37. The molecule has 18 rings (SSSR count). The summed E-state index contributed by atoms with van der Waals surface area (Å²) in [4.78, 5) is 4.83. The van der Waals surface area contributed by atoms with Gasteiger partial charge in [0.15, 0.2) is 0 Å².